The number of ether oxygens (including phenoxy) is 2. The van der Waals surface area contributed by atoms with Crippen molar-refractivity contribution in [2.75, 3.05) is 20.8 Å². The van der Waals surface area contributed by atoms with Crippen LogP contribution >= 0.6 is 0 Å². The number of hydrogen-bond acceptors (Lipinski definition) is 6. The van der Waals surface area contributed by atoms with Crippen LogP contribution in [0.5, 0.6) is 5.75 Å². The van der Waals surface area contributed by atoms with E-state index in [0.29, 0.717) is 5.75 Å². The second-order valence-corrected chi connectivity index (χ2v) is 6.72. The minimum Gasteiger partial charge on any atom is -0.497 e. The second kappa shape index (κ2) is 11.3. The van der Waals surface area contributed by atoms with Crippen LogP contribution in [0.3, 0.4) is 0 Å². The third kappa shape index (κ3) is 7.16. The maximum Gasteiger partial charge on any atom is 0.305 e. The number of methoxy groups -OCH3 is 2. The molecule has 1 rings (SSSR count). The number of carbonyl (C=O) groups excluding carboxylic acids is 2. The molecule has 0 spiro atoms. The van der Waals surface area contributed by atoms with Crippen molar-refractivity contribution < 1.29 is 29.0 Å². The number of benzene rings is 1. The number of aliphatic carboxylic acids is 1. The molecule has 0 aliphatic rings. The van der Waals surface area contributed by atoms with Crippen molar-refractivity contribution >= 4 is 17.8 Å². The molecule has 0 fully saturated rings. The van der Waals surface area contributed by atoms with Gasteiger partial charge in [0.2, 0.25) is 11.8 Å². The lowest BCUT2D eigenvalue weighted by Gasteiger charge is -2.26. The van der Waals surface area contributed by atoms with Crippen molar-refractivity contribution in [2.45, 2.75) is 38.4 Å². The maximum absolute atomic E-state index is 12.8. The van der Waals surface area contributed by atoms with Crippen LogP contribution in [-0.2, 0) is 19.1 Å². The molecule has 9 nitrogen and oxygen atoms in total. The topological polar surface area (TPSA) is 140 Å². The number of amides is 2. The van der Waals surface area contributed by atoms with E-state index in [-0.39, 0.29) is 12.5 Å². The Labute approximate surface area is 164 Å². The Hall–Kier alpha value is -2.65. The van der Waals surface area contributed by atoms with Crippen LogP contribution in [0.1, 0.15) is 31.9 Å². The molecule has 0 heterocycles. The van der Waals surface area contributed by atoms with Crippen molar-refractivity contribution in [3.8, 4) is 5.75 Å². The fourth-order valence-electron chi connectivity index (χ4n) is 2.56. The number of carbonyl (C=O) groups is 3. The standard InChI is InChI=1S/C19H29N3O6/c1-11(2)17(22-18(25)14(20)9-16(23)24)19(26)21-15(10-27-3)12-5-7-13(28-4)8-6-12/h5-8,11,14-15,17H,9-10,20H2,1-4H3,(H,21,26)(H,22,25)(H,23,24)/t14-,15-,17+/m0/s1. The highest BCUT2D eigenvalue weighted by Crippen LogP contribution is 2.18. The Morgan fingerprint density at radius 2 is 1.68 bits per heavy atom. The summed E-state index contributed by atoms with van der Waals surface area (Å²) >= 11 is 0. The van der Waals surface area contributed by atoms with Crippen molar-refractivity contribution in [2.24, 2.45) is 11.7 Å². The number of rotatable bonds is 11. The SMILES string of the molecule is COC[C@H](NC(=O)[C@H](NC(=O)[C@@H](N)CC(=O)O)C(C)C)c1ccc(OC)cc1. The first-order chi connectivity index (χ1) is 13.2. The molecule has 0 aliphatic carbocycles. The molecule has 28 heavy (non-hydrogen) atoms. The summed E-state index contributed by atoms with van der Waals surface area (Å²) in [4.78, 5) is 35.6. The van der Waals surface area contributed by atoms with E-state index < -0.39 is 42.3 Å². The summed E-state index contributed by atoms with van der Waals surface area (Å²) in [5.74, 6) is -1.84. The smallest absolute Gasteiger partial charge is 0.305 e. The Kier molecular flexibility index (Phi) is 9.40. The van der Waals surface area contributed by atoms with Crippen LogP contribution in [-0.4, -0.2) is 55.8 Å². The molecule has 0 bridgehead atoms. The van der Waals surface area contributed by atoms with Crippen LogP contribution < -0.4 is 21.1 Å². The number of nitrogens with two attached hydrogens (primary N) is 1. The fourth-order valence-corrected chi connectivity index (χ4v) is 2.56. The van der Waals surface area contributed by atoms with E-state index in [1.54, 1.807) is 33.1 Å². The zero-order valence-electron chi connectivity index (χ0n) is 16.6. The van der Waals surface area contributed by atoms with Crippen LogP contribution in [0.25, 0.3) is 0 Å². The third-order valence-electron chi connectivity index (χ3n) is 4.15. The van der Waals surface area contributed by atoms with Crippen molar-refractivity contribution in [1.82, 2.24) is 10.6 Å². The molecule has 2 amide bonds. The third-order valence-corrected chi connectivity index (χ3v) is 4.15. The van der Waals surface area contributed by atoms with Crippen LogP contribution in [0.2, 0.25) is 0 Å². The van der Waals surface area contributed by atoms with Crippen LogP contribution in [0.15, 0.2) is 24.3 Å². The monoisotopic (exact) mass is 395 g/mol. The molecule has 0 unspecified atom stereocenters. The zero-order chi connectivity index (χ0) is 21.3. The van der Waals surface area contributed by atoms with E-state index in [1.165, 1.54) is 7.11 Å². The van der Waals surface area contributed by atoms with Gasteiger partial charge in [0, 0.05) is 7.11 Å². The largest absolute Gasteiger partial charge is 0.497 e. The first-order valence-electron chi connectivity index (χ1n) is 8.90. The Morgan fingerprint density at radius 1 is 1.07 bits per heavy atom. The molecule has 1 aromatic carbocycles. The molecule has 1 aromatic rings. The normalized spacial score (nSPS) is 14.1. The lowest BCUT2D eigenvalue weighted by atomic mass is 10.0. The zero-order valence-corrected chi connectivity index (χ0v) is 16.6. The summed E-state index contributed by atoms with van der Waals surface area (Å²) in [6.45, 7) is 3.77. The Balaban J connectivity index is 2.88. The number of carboxylic acid groups (broad SMARTS) is 1. The number of hydrogen-bond donors (Lipinski definition) is 4. The van der Waals surface area contributed by atoms with Crippen molar-refractivity contribution in [3.63, 3.8) is 0 Å². The van der Waals surface area contributed by atoms with Gasteiger partial charge in [-0.05, 0) is 23.6 Å². The summed E-state index contributed by atoms with van der Waals surface area (Å²) in [5, 5.41) is 14.2. The van der Waals surface area contributed by atoms with Gasteiger partial charge in [-0.25, -0.2) is 0 Å². The fraction of sp³-hybridized carbons (Fsp3) is 0.526. The predicted octanol–water partition coefficient (Wildman–Crippen LogP) is 0.442. The van der Waals surface area contributed by atoms with Gasteiger partial charge in [0.1, 0.15) is 11.8 Å². The van der Waals surface area contributed by atoms with Gasteiger partial charge in [0.15, 0.2) is 0 Å². The molecule has 156 valence electrons. The van der Waals surface area contributed by atoms with E-state index in [1.807, 2.05) is 12.1 Å². The Bertz CT molecular complexity index is 662. The Morgan fingerprint density at radius 3 is 2.14 bits per heavy atom. The van der Waals surface area contributed by atoms with E-state index in [4.69, 9.17) is 20.3 Å². The first-order valence-corrected chi connectivity index (χ1v) is 8.90. The van der Waals surface area contributed by atoms with Gasteiger partial charge in [-0.1, -0.05) is 26.0 Å². The summed E-state index contributed by atoms with van der Waals surface area (Å²) in [6.07, 6.45) is -0.517. The molecule has 0 radical (unpaired) electrons. The highest BCUT2D eigenvalue weighted by molar-refractivity contribution is 5.91. The molecule has 0 aromatic heterocycles. The molecule has 3 atom stereocenters. The molecular formula is C19H29N3O6. The molecular weight excluding hydrogens is 366 g/mol. The summed E-state index contributed by atoms with van der Waals surface area (Å²) in [7, 11) is 3.09. The molecule has 0 saturated carbocycles. The average Bonchev–Trinajstić information content (AvgIpc) is 2.64. The van der Waals surface area contributed by atoms with E-state index >= 15 is 0 Å². The summed E-state index contributed by atoms with van der Waals surface area (Å²) in [5.41, 5.74) is 6.39. The van der Waals surface area contributed by atoms with E-state index in [2.05, 4.69) is 10.6 Å². The predicted molar refractivity (Wildman–Crippen MR) is 103 cm³/mol. The number of nitrogens with one attached hydrogen (secondary N) is 2. The summed E-state index contributed by atoms with van der Waals surface area (Å²) < 4.78 is 10.3. The molecule has 5 N–H and O–H groups in total. The molecule has 9 heteroatoms. The van der Waals surface area contributed by atoms with E-state index in [9.17, 15) is 14.4 Å². The van der Waals surface area contributed by atoms with Gasteiger partial charge in [-0.3, -0.25) is 14.4 Å². The maximum atomic E-state index is 12.8. The van der Waals surface area contributed by atoms with Crippen molar-refractivity contribution in [1.29, 1.82) is 0 Å². The van der Waals surface area contributed by atoms with Crippen LogP contribution in [0.4, 0.5) is 0 Å². The van der Waals surface area contributed by atoms with Gasteiger partial charge in [-0.15, -0.1) is 0 Å². The first kappa shape index (κ1) is 23.4. The van der Waals surface area contributed by atoms with Gasteiger partial charge in [0.05, 0.1) is 32.2 Å². The molecule has 0 aliphatic heterocycles. The van der Waals surface area contributed by atoms with E-state index in [0.717, 1.165) is 5.56 Å². The molecule has 0 saturated heterocycles. The minimum absolute atomic E-state index is 0.232. The number of carboxylic acids is 1. The second-order valence-electron chi connectivity index (χ2n) is 6.72. The van der Waals surface area contributed by atoms with Gasteiger partial charge in [-0.2, -0.15) is 0 Å². The van der Waals surface area contributed by atoms with Gasteiger partial charge >= 0.3 is 5.97 Å². The average molecular weight is 395 g/mol. The minimum atomic E-state index is -1.23. The highest BCUT2D eigenvalue weighted by Gasteiger charge is 2.29. The quantitative estimate of drug-likeness (QED) is 0.426. The van der Waals surface area contributed by atoms with Crippen LogP contribution in [0, 0.1) is 5.92 Å². The van der Waals surface area contributed by atoms with Gasteiger partial charge in [0.25, 0.3) is 0 Å². The highest BCUT2D eigenvalue weighted by atomic mass is 16.5. The van der Waals surface area contributed by atoms with Gasteiger partial charge < -0.3 is 30.9 Å². The lowest BCUT2D eigenvalue weighted by Crippen LogP contribution is -2.54. The van der Waals surface area contributed by atoms with Crippen molar-refractivity contribution in [3.05, 3.63) is 29.8 Å². The summed E-state index contributed by atoms with van der Waals surface area (Å²) in [6, 6.07) is 4.64. The lowest BCUT2D eigenvalue weighted by molar-refractivity contribution is -0.139.